The molecule has 122 valence electrons. The second-order valence-electron chi connectivity index (χ2n) is 6.44. The lowest BCUT2D eigenvalue weighted by atomic mass is 9.91. The van der Waals surface area contributed by atoms with Crippen LogP contribution in [0.15, 0.2) is 54.7 Å². The molecule has 3 nitrogen and oxygen atoms in total. The van der Waals surface area contributed by atoms with Crippen molar-refractivity contribution in [2.75, 3.05) is 0 Å². The minimum Gasteiger partial charge on any atom is -0.361 e. The molecule has 3 heteroatoms. The van der Waals surface area contributed by atoms with E-state index in [1.807, 2.05) is 54.7 Å². The third kappa shape index (κ3) is 3.16. The second-order valence-corrected chi connectivity index (χ2v) is 6.44. The van der Waals surface area contributed by atoms with Crippen molar-refractivity contribution < 1.29 is 9.59 Å². The van der Waals surface area contributed by atoms with Gasteiger partial charge in [-0.2, -0.15) is 0 Å². The number of Topliss-reactive ketones (excluding diaryl/α,β-unsaturated/α-hetero) is 1. The summed E-state index contributed by atoms with van der Waals surface area (Å²) in [6.45, 7) is 4.24. The molecule has 0 aliphatic heterocycles. The van der Waals surface area contributed by atoms with E-state index in [0.717, 1.165) is 22.8 Å². The Morgan fingerprint density at radius 1 is 1.08 bits per heavy atom. The summed E-state index contributed by atoms with van der Waals surface area (Å²) in [4.78, 5) is 27.3. The average molecular weight is 319 g/mol. The normalized spacial score (nSPS) is 12.5. The van der Waals surface area contributed by atoms with Gasteiger partial charge in [0.25, 0.3) is 0 Å². The summed E-state index contributed by atoms with van der Waals surface area (Å²) >= 11 is 0. The maximum atomic E-state index is 12.6. The summed E-state index contributed by atoms with van der Waals surface area (Å²) in [6.07, 6.45) is 2.89. The van der Waals surface area contributed by atoms with Gasteiger partial charge in [0, 0.05) is 35.0 Å². The van der Waals surface area contributed by atoms with Gasteiger partial charge in [0.05, 0.1) is 0 Å². The lowest BCUT2D eigenvalue weighted by Crippen LogP contribution is -2.09. The Morgan fingerprint density at radius 2 is 1.79 bits per heavy atom. The molecule has 0 spiro atoms. The van der Waals surface area contributed by atoms with Crippen molar-refractivity contribution >= 4 is 23.0 Å². The Morgan fingerprint density at radius 3 is 2.46 bits per heavy atom. The molecule has 1 N–H and O–H groups in total. The summed E-state index contributed by atoms with van der Waals surface area (Å²) < 4.78 is 0. The summed E-state index contributed by atoms with van der Waals surface area (Å²) in [5.41, 5.74) is 3.72. The van der Waals surface area contributed by atoms with Crippen molar-refractivity contribution in [2.45, 2.75) is 32.1 Å². The smallest absolute Gasteiger partial charge is 0.163 e. The molecule has 0 aliphatic rings. The summed E-state index contributed by atoms with van der Waals surface area (Å²) in [6, 6.07) is 15.5. The standard InChI is InChI=1S/C21H21NO2/c1-14(2)15-7-9-16(10-8-15)21(24)11-17(13-23)19-12-22-20-6-4-3-5-18(19)20/h3-10,12-14,17,22H,11H2,1-2H3. The van der Waals surface area contributed by atoms with Crippen molar-refractivity contribution in [1.29, 1.82) is 0 Å². The average Bonchev–Trinajstić information content (AvgIpc) is 3.03. The van der Waals surface area contributed by atoms with Crippen molar-refractivity contribution in [1.82, 2.24) is 4.98 Å². The first-order valence-electron chi connectivity index (χ1n) is 8.24. The highest BCUT2D eigenvalue weighted by molar-refractivity contribution is 5.99. The van der Waals surface area contributed by atoms with Gasteiger partial charge in [-0.05, 0) is 23.1 Å². The first-order valence-corrected chi connectivity index (χ1v) is 8.24. The zero-order valence-electron chi connectivity index (χ0n) is 14.0. The van der Waals surface area contributed by atoms with Crippen LogP contribution >= 0.6 is 0 Å². The highest BCUT2D eigenvalue weighted by Crippen LogP contribution is 2.28. The van der Waals surface area contributed by atoms with Crippen LogP contribution in [0.1, 0.15) is 53.6 Å². The Balaban J connectivity index is 1.82. The van der Waals surface area contributed by atoms with Crippen LogP contribution in [-0.2, 0) is 4.79 Å². The monoisotopic (exact) mass is 319 g/mol. The fraction of sp³-hybridized carbons (Fsp3) is 0.238. The SMILES string of the molecule is CC(C)c1ccc(C(=O)CC(C=O)c2c[nH]c3ccccc23)cc1. The van der Waals surface area contributed by atoms with E-state index in [9.17, 15) is 9.59 Å². The quantitative estimate of drug-likeness (QED) is 0.522. The number of aromatic amines is 1. The number of carbonyl (C=O) groups excluding carboxylic acids is 2. The van der Waals surface area contributed by atoms with Gasteiger partial charge in [-0.15, -0.1) is 0 Å². The number of carbonyl (C=O) groups is 2. The van der Waals surface area contributed by atoms with Crippen molar-refractivity contribution in [3.8, 4) is 0 Å². The number of fused-ring (bicyclic) bond motifs is 1. The van der Waals surface area contributed by atoms with E-state index < -0.39 is 5.92 Å². The Bertz CT molecular complexity index is 859. The first kappa shape index (κ1) is 16.2. The summed E-state index contributed by atoms with van der Waals surface area (Å²) in [7, 11) is 0. The zero-order chi connectivity index (χ0) is 17.1. The third-order valence-electron chi connectivity index (χ3n) is 4.49. The number of ketones is 1. The predicted molar refractivity (Wildman–Crippen MR) is 96.6 cm³/mol. The minimum absolute atomic E-state index is 0.00677. The molecule has 0 radical (unpaired) electrons. The van der Waals surface area contributed by atoms with E-state index in [0.29, 0.717) is 11.5 Å². The molecular weight excluding hydrogens is 298 g/mol. The van der Waals surface area contributed by atoms with Gasteiger partial charge < -0.3 is 9.78 Å². The highest BCUT2D eigenvalue weighted by Gasteiger charge is 2.19. The fourth-order valence-electron chi connectivity index (χ4n) is 3.00. The highest BCUT2D eigenvalue weighted by atomic mass is 16.1. The van der Waals surface area contributed by atoms with E-state index >= 15 is 0 Å². The lowest BCUT2D eigenvalue weighted by Gasteiger charge is -2.10. The Labute approximate surface area is 141 Å². The molecule has 0 amide bonds. The molecule has 2 aromatic carbocycles. The predicted octanol–water partition coefficient (Wildman–Crippen LogP) is 4.85. The number of aldehydes is 1. The first-order chi connectivity index (χ1) is 11.6. The van der Waals surface area contributed by atoms with E-state index in [1.165, 1.54) is 5.56 Å². The van der Waals surface area contributed by atoms with Crippen molar-refractivity contribution in [3.63, 3.8) is 0 Å². The number of aromatic nitrogens is 1. The van der Waals surface area contributed by atoms with Crippen LogP contribution in [0.4, 0.5) is 0 Å². The lowest BCUT2D eigenvalue weighted by molar-refractivity contribution is -0.109. The molecule has 0 aliphatic carbocycles. The zero-order valence-corrected chi connectivity index (χ0v) is 14.0. The molecule has 24 heavy (non-hydrogen) atoms. The van der Waals surface area contributed by atoms with Gasteiger partial charge in [0.2, 0.25) is 0 Å². The van der Waals surface area contributed by atoms with Crippen LogP contribution in [0.25, 0.3) is 10.9 Å². The van der Waals surface area contributed by atoms with Gasteiger partial charge in [0.1, 0.15) is 6.29 Å². The molecule has 0 fully saturated rings. The van der Waals surface area contributed by atoms with E-state index in [4.69, 9.17) is 0 Å². The van der Waals surface area contributed by atoms with Gasteiger partial charge in [-0.1, -0.05) is 56.3 Å². The van der Waals surface area contributed by atoms with Crippen LogP contribution in [0, 0.1) is 0 Å². The van der Waals surface area contributed by atoms with Gasteiger partial charge in [-0.25, -0.2) is 0 Å². The largest absolute Gasteiger partial charge is 0.361 e. The molecule has 0 saturated heterocycles. The number of benzene rings is 2. The number of para-hydroxylation sites is 1. The number of hydrogen-bond donors (Lipinski definition) is 1. The third-order valence-corrected chi connectivity index (χ3v) is 4.49. The summed E-state index contributed by atoms with van der Waals surface area (Å²) in [5.74, 6) is -0.00536. The second kappa shape index (κ2) is 6.83. The Hall–Kier alpha value is -2.68. The molecule has 1 aromatic heterocycles. The van der Waals surface area contributed by atoms with Gasteiger partial charge >= 0.3 is 0 Å². The molecule has 3 rings (SSSR count). The van der Waals surface area contributed by atoms with Crippen LogP contribution in [0.3, 0.4) is 0 Å². The maximum Gasteiger partial charge on any atom is 0.163 e. The molecule has 0 saturated carbocycles. The van der Waals surface area contributed by atoms with E-state index in [2.05, 4.69) is 18.8 Å². The van der Waals surface area contributed by atoms with E-state index in [1.54, 1.807) is 0 Å². The van der Waals surface area contributed by atoms with Crippen LogP contribution in [0.2, 0.25) is 0 Å². The maximum absolute atomic E-state index is 12.6. The number of hydrogen-bond acceptors (Lipinski definition) is 2. The number of rotatable bonds is 6. The summed E-state index contributed by atoms with van der Waals surface area (Å²) in [5, 5.41) is 0.998. The topological polar surface area (TPSA) is 49.9 Å². The molecule has 1 unspecified atom stereocenters. The van der Waals surface area contributed by atoms with Crippen LogP contribution < -0.4 is 0 Å². The van der Waals surface area contributed by atoms with Gasteiger partial charge in [0.15, 0.2) is 5.78 Å². The van der Waals surface area contributed by atoms with Crippen LogP contribution in [-0.4, -0.2) is 17.1 Å². The minimum atomic E-state index is -0.432. The van der Waals surface area contributed by atoms with Crippen molar-refractivity contribution in [3.05, 3.63) is 71.4 Å². The Kier molecular flexibility index (Phi) is 4.61. The van der Waals surface area contributed by atoms with E-state index in [-0.39, 0.29) is 12.2 Å². The molecular formula is C21H21NO2. The van der Waals surface area contributed by atoms with Crippen LogP contribution in [0.5, 0.6) is 0 Å². The van der Waals surface area contributed by atoms with Crippen molar-refractivity contribution in [2.24, 2.45) is 0 Å². The molecule has 1 heterocycles. The van der Waals surface area contributed by atoms with Gasteiger partial charge in [-0.3, -0.25) is 4.79 Å². The number of H-pyrrole nitrogens is 1. The fourth-order valence-corrected chi connectivity index (χ4v) is 3.00. The number of nitrogens with one attached hydrogen (secondary N) is 1. The molecule has 0 bridgehead atoms. The molecule has 3 aromatic rings. The molecule has 1 atom stereocenters.